The normalized spacial score (nSPS) is 11.5. The smallest absolute Gasteiger partial charge is 0.261 e. The Morgan fingerprint density at radius 2 is 1.76 bits per heavy atom. The fourth-order valence-electron chi connectivity index (χ4n) is 3.15. The molecule has 0 aliphatic carbocycles. The van der Waals surface area contributed by atoms with Gasteiger partial charge in [0.25, 0.3) is 15.9 Å². The van der Waals surface area contributed by atoms with Gasteiger partial charge in [0.2, 0.25) is 0 Å². The Bertz CT molecular complexity index is 1160. The minimum absolute atomic E-state index is 0.0568. The highest BCUT2D eigenvalue weighted by atomic mass is 32.2. The molecule has 0 saturated heterocycles. The highest BCUT2D eigenvalue weighted by Gasteiger charge is 2.15. The molecule has 0 fully saturated rings. The summed E-state index contributed by atoms with van der Waals surface area (Å²) in [5.41, 5.74) is 1.33. The maximum atomic E-state index is 13.0. The second-order valence-corrected chi connectivity index (χ2v) is 9.86. The first-order valence-electron chi connectivity index (χ1n) is 10.8. The van der Waals surface area contributed by atoms with Crippen molar-refractivity contribution in [2.24, 2.45) is 5.92 Å². The Kier molecular flexibility index (Phi) is 8.16. The van der Waals surface area contributed by atoms with Crippen LogP contribution in [0.3, 0.4) is 0 Å². The van der Waals surface area contributed by atoms with Gasteiger partial charge in [0.15, 0.2) is 0 Å². The zero-order valence-electron chi connectivity index (χ0n) is 18.7. The van der Waals surface area contributed by atoms with Crippen LogP contribution in [0.1, 0.15) is 49.2 Å². The Hall–Kier alpha value is -3.27. The minimum Gasteiger partial charge on any atom is -0.346 e. The van der Waals surface area contributed by atoms with Crippen LogP contribution in [0.15, 0.2) is 59.6 Å². The van der Waals surface area contributed by atoms with Gasteiger partial charge < -0.3 is 5.32 Å². The van der Waals surface area contributed by atoms with E-state index < -0.39 is 15.8 Å². The van der Waals surface area contributed by atoms with Gasteiger partial charge in [-0.1, -0.05) is 31.9 Å². The molecule has 0 aliphatic rings. The van der Waals surface area contributed by atoms with E-state index in [1.54, 1.807) is 4.68 Å². The Morgan fingerprint density at radius 1 is 1.06 bits per heavy atom. The van der Waals surface area contributed by atoms with E-state index in [-0.39, 0.29) is 23.0 Å². The number of nitrogens with zero attached hydrogens (tertiary/aromatic N) is 3. The van der Waals surface area contributed by atoms with Gasteiger partial charge in [-0.05, 0) is 60.9 Å². The number of aryl methyl sites for hydroxylation is 1. The summed E-state index contributed by atoms with van der Waals surface area (Å²) in [7, 11) is -3.85. The molecule has 0 atom stereocenters. The average Bonchev–Trinajstić information content (AvgIpc) is 3.23. The molecular weight excluding hydrogens is 445 g/mol. The summed E-state index contributed by atoms with van der Waals surface area (Å²) in [6, 6.07) is 10.5. The number of carbonyl (C=O) groups excluding carboxylic acids is 1. The zero-order chi connectivity index (χ0) is 23.8. The maximum absolute atomic E-state index is 13.0. The van der Waals surface area contributed by atoms with Crippen LogP contribution in [-0.4, -0.2) is 29.3 Å². The second kappa shape index (κ2) is 11.0. The molecule has 10 heteroatoms. The summed E-state index contributed by atoms with van der Waals surface area (Å²) in [5.74, 6) is -0.140. The lowest BCUT2D eigenvalue weighted by atomic mass is 10.1. The second-order valence-electron chi connectivity index (χ2n) is 8.18. The van der Waals surface area contributed by atoms with E-state index in [0.29, 0.717) is 17.2 Å². The molecule has 1 amide bonds. The summed E-state index contributed by atoms with van der Waals surface area (Å²) < 4.78 is 42.0. The molecular formula is C23H28FN5O3S. The van der Waals surface area contributed by atoms with Crippen LogP contribution in [0.2, 0.25) is 0 Å². The third kappa shape index (κ3) is 7.38. The number of hydrogen-bond donors (Lipinski definition) is 2. The first-order chi connectivity index (χ1) is 15.7. The lowest BCUT2D eigenvalue weighted by Gasteiger charge is -2.09. The largest absolute Gasteiger partial charge is 0.346 e. The number of rotatable bonds is 11. The van der Waals surface area contributed by atoms with Gasteiger partial charge >= 0.3 is 0 Å². The molecule has 0 radical (unpaired) electrons. The average molecular weight is 474 g/mol. The van der Waals surface area contributed by atoms with Crippen molar-refractivity contribution in [3.05, 3.63) is 71.8 Å². The number of aromatic nitrogens is 3. The summed E-state index contributed by atoms with van der Waals surface area (Å²) in [4.78, 5) is 12.4. The predicted molar refractivity (Wildman–Crippen MR) is 124 cm³/mol. The van der Waals surface area contributed by atoms with E-state index in [0.717, 1.165) is 31.5 Å². The van der Waals surface area contributed by atoms with E-state index in [4.69, 9.17) is 0 Å². The molecule has 3 rings (SSSR count). The first-order valence-corrected chi connectivity index (χ1v) is 12.3. The highest BCUT2D eigenvalue weighted by molar-refractivity contribution is 7.92. The van der Waals surface area contributed by atoms with Crippen LogP contribution in [-0.2, 0) is 23.1 Å². The Labute approximate surface area is 193 Å². The van der Waals surface area contributed by atoms with Crippen molar-refractivity contribution in [1.82, 2.24) is 20.3 Å². The number of hydrogen-bond acceptors (Lipinski definition) is 5. The number of carbonyl (C=O) groups is 1. The number of unbranched alkanes of at least 4 members (excludes halogenated alkanes) is 1. The fraction of sp³-hybridized carbons (Fsp3) is 0.348. The van der Waals surface area contributed by atoms with Gasteiger partial charge in [-0.3, -0.25) is 14.2 Å². The summed E-state index contributed by atoms with van der Waals surface area (Å²) >= 11 is 0. The number of nitrogens with one attached hydrogen (secondary N) is 2. The van der Waals surface area contributed by atoms with Gasteiger partial charge in [0, 0.05) is 17.8 Å². The molecule has 1 heterocycles. The molecule has 3 aromatic rings. The molecule has 176 valence electrons. The molecule has 0 unspecified atom stereocenters. The third-order valence-corrected chi connectivity index (χ3v) is 6.36. The molecule has 0 saturated carbocycles. The highest BCUT2D eigenvalue weighted by Crippen LogP contribution is 2.17. The summed E-state index contributed by atoms with van der Waals surface area (Å²) in [6.07, 6.45) is 5.18. The van der Waals surface area contributed by atoms with Crippen LogP contribution >= 0.6 is 0 Å². The van der Waals surface area contributed by atoms with E-state index in [9.17, 15) is 17.6 Å². The number of sulfonamides is 1. The van der Waals surface area contributed by atoms with Gasteiger partial charge in [-0.15, -0.1) is 5.10 Å². The standard InChI is InChI=1S/C23H28FN5O3S/c1-17(2)5-3-4-14-29-16-21(26-28-29)15-25-23(30)18-6-10-20(11-7-18)27-33(31,32)22-12-8-19(24)9-13-22/h6-13,16-17,27H,3-5,14-15H2,1-2H3,(H,25,30). The molecule has 0 bridgehead atoms. The van der Waals surface area contributed by atoms with Crippen LogP contribution < -0.4 is 10.0 Å². The zero-order valence-corrected chi connectivity index (χ0v) is 19.5. The Balaban J connectivity index is 1.50. The van der Waals surface area contributed by atoms with Crippen LogP contribution in [0, 0.1) is 11.7 Å². The van der Waals surface area contributed by atoms with Crippen molar-refractivity contribution in [2.45, 2.75) is 51.1 Å². The lowest BCUT2D eigenvalue weighted by molar-refractivity contribution is 0.0950. The molecule has 0 aliphatic heterocycles. The van der Waals surface area contributed by atoms with Gasteiger partial charge in [-0.25, -0.2) is 12.8 Å². The maximum Gasteiger partial charge on any atom is 0.261 e. The van der Waals surface area contributed by atoms with E-state index in [2.05, 4.69) is 34.2 Å². The predicted octanol–water partition coefficient (Wildman–Crippen LogP) is 3.97. The molecule has 2 N–H and O–H groups in total. The number of amides is 1. The lowest BCUT2D eigenvalue weighted by Crippen LogP contribution is -2.23. The van der Waals surface area contributed by atoms with E-state index >= 15 is 0 Å². The number of halogens is 1. The van der Waals surface area contributed by atoms with E-state index in [1.165, 1.54) is 42.8 Å². The molecule has 8 nitrogen and oxygen atoms in total. The monoisotopic (exact) mass is 473 g/mol. The van der Waals surface area contributed by atoms with Gasteiger partial charge in [0.1, 0.15) is 11.5 Å². The van der Waals surface area contributed by atoms with Crippen molar-refractivity contribution in [3.8, 4) is 0 Å². The summed E-state index contributed by atoms with van der Waals surface area (Å²) in [6.45, 7) is 5.44. The van der Waals surface area contributed by atoms with E-state index in [1.807, 2.05) is 6.20 Å². The van der Waals surface area contributed by atoms with Crippen molar-refractivity contribution >= 4 is 21.6 Å². The molecule has 2 aromatic carbocycles. The molecule has 1 aromatic heterocycles. The number of anilines is 1. The van der Waals surface area contributed by atoms with Crippen molar-refractivity contribution in [3.63, 3.8) is 0 Å². The van der Waals surface area contributed by atoms with Crippen LogP contribution in [0.25, 0.3) is 0 Å². The van der Waals surface area contributed by atoms with Crippen molar-refractivity contribution in [2.75, 3.05) is 4.72 Å². The first kappa shape index (κ1) is 24.4. The van der Waals surface area contributed by atoms with Crippen molar-refractivity contribution in [1.29, 1.82) is 0 Å². The molecule has 0 spiro atoms. The van der Waals surface area contributed by atoms with Gasteiger partial charge in [-0.2, -0.15) is 0 Å². The minimum atomic E-state index is -3.85. The number of benzene rings is 2. The topological polar surface area (TPSA) is 106 Å². The SMILES string of the molecule is CC(C)CCCCn1cc(CNC(=O)c2ccc(NS(=O)(=O)c3ccc(F)cc3)cc2)nn1. The Morgan fingerprint density at radius 3 is 2.42 bits per heavy atom. The van der Waals surface area contributed by atoms with Crippen molar-refractivity contribution < 1.29 is 17.6 Å². The van der Waals surface area contributed by atoms with Crippen LogP contribution in [0.5, 0.6) is 0 Å². The fourth-order valence-corrected chi connectivity index (χ4v) is 4.20. The quantitative estimate of drug-likeness (QED) is 0.410. The van der Waals surface area contributed by atoms with Crippen LogP contribution in [0.4, 0.5) is 10.1 Å². The summed E-state index contributed by atoms with van der Waals surface area (Å²) in [5, 5.41) is 11.0. The van der Waals surface area contributed by atoms with Gasteiger partial charge in [0.05, 0.1) is 17.6 Å². The third-order valence-electron chi connectivity index (χ3n) is 4.96. The molecule has 33 heavy (non-hydrogen) atoms.